The number of anilines is 1. The summed E-state index contributed by atoms with van der Waals surface area (Å²) in [6.07, 6.45) is 1.62. The molecule has 1 aromatic rings. The zero-order valence-electron chi connectivity index (χ0n) is 10.1. The van der Waals surface area contributed by atoms with Crippen LogP contribution >= 0.6 is 0 Å². The fourth-order valence-corrected chi connectivity index (χ4v) is 2.73. The summed E-state index contributed by atoms with van der Waals surface area (Å²) >= 11 is 0. The van der Waals surface area contributed by atoms with E-state index in [0.29, 0.717) is 17.4 Å². The number of rotatable bonds is 3. The van der Waals surface area contributed by atoms with E-state index in [9.17, 15) is 4.21 Å². The summed E-state index contributed by atoms with van der Waals surface area (Å²) in [5.74, 6) is 2.87. The maximum absolute atomic E-state index is 11.3. The predicted molar refractivity (Wildman–Crippen MR) is 67.9 cm³/mol. The molecule has 1 aromatic heterocycles. The van der Waals surface area contributed by atoms with E-state index in [1.54, 1.807) is 0 Å². The van der Waals surface area contributed by atoms with Crippen LogP contribution in [0, 0.1) is 0 Å². The average molecular weight is 255 g/mol. The highest BCUT2D eigenvalue weighted by Gasteiger charge is 2.17. The van der Waals surface area contributed by atoms with Crippen molar-refractivity contribution in [3.05, 3.63) is 12.4 Å². The normalized spacial score (nSPS) is 17.5. The SMILES string of the molecule is CC(C)Oc1cc(N2CCS(=O)CC2)ncn1. The summed E-state index contributed by atoms with van der Waals surface area (Å²) in [4.78, 5) is 10.4. The molecule has 6 heteroatoms. The molecule has 5 nitrogen and oxygen atoms in total. The molecule has 0 bridgehead atoms. The van der Waals surface area contributed by atoms with E-state index in [0.717, 1.165) is 18.9 Å². The Kier molecular flexibility index (Phi) is 3.93. The Labute approximate surface area is 104 Å². The minimum Gasteiger partial charge on any atom is -0.475 e. The molecule has 1 aliphatic heterocycles. The van der Waals surface area contributed by atoms with Gasteiger partial charge in [-0.05, 0) is 13.8 Å². The van der Waals surface area contributed by atoms with Gasteiger partial charge < -0.3 is 9.64 Å². The Bertz CT molecular complexity index is 401. The third-order valence-corrected chi connectivity index (χ3v) is 3.76. The number of hydrogen-bond donors (Lipinski definition) is 0. The lowest BCUT2D eigenvalue weighted by Gasteiger charge is -2.27. The Balaban J connectivity index is 2.07. The first-order valence-corrected chi connectivity index (χ1v) is 7.22. The average Bonchev–Trinajstić information content (AvgIpc) is 2.29. The van der Waals surface area contributed by atoms with Gasteiger partial charge in [0.1, 0.15) is 12.1 Å². The second-order valence-corrected chi connectivity index (χ2v) is 5.91. The van der Waals surface area contributed by atoms with Gasteiger partial charge >= 0.3 is 0 Å². The Hall–Kier alpha value is -1.17. The molecular weight excluding hydrogens is 238 g/mol. The van der Waals surface area contributed by atoms with Crippen LogP contribution in [0.4, 0.5) is 5.82 Å². The summed E-state index contributed by atoms with van der Waals surface area (Å²) in [5.41, 5.74) is 0. The van der Waals surface area contributed by atoms with Crippen molar-refractivity contribution in [2.75, 3.05) is 29.5 Å². The minimum atomic E-state index is -0.665. The Morgan fingerprint density at radius 1 is 1.35 bits per heavy atom. The second kappa shape index (κ2) is 5.44. The molecule has 0 spiro atoms. The monoisotopic (exact) mass is 255 g/mol. The molecule has 0 aliphatic carbocycles. The first-order valence-electron chi connectivity index (χ1n) is 5.74. The van der Waals surface area contributed by atoms with E-state index < -0.39 is 10.8 Å². The molecule has 1 aliphatic rings. The van der Waals surface area contributed by atoms with Crippen LogP contribution in [0.1, 0.15) is 13.8 Å². The molecule has 0 N–H and O–H groups in total. The molecule has 0 atom stereocenters. The van der Waals surface area contributed by atoms with E-state index in [1.807, 2.05) is 19.9 Å². The third-order valence-electron chi connectivity index (χ3n) is 2.49. The first kappa shape index (κ1) is 12.3. The molecule has 0 amide bonds. The summed E-state index contributed by atoms with van der Waals surface area (Å²) in [5, 5.41) is 0. The highest BCUT2D eigenvalue weighted by molar-refractivity contribution is 7.85. The maximum atomic E-state index is 11.3. The smallest absolute Gasteiger partial charge is 0.218 e. The van der Waals surface area contributed by atoms with Crippen LogP contribution < -0.4 is 9.64 Å². The topological polar surface area (TPSA) is 55.3 Å². The number of aromatic nitrogens is 2. The fourth-order valence-electron chi connectivity index (χ4n) is 1.68. The molecule has 94 valence electrons. The van der Waals surface area contributed by atoms with E-state index >= 15 is 0 Å². The molecular formula is C11H17N3O2S. The fraction of sp³-hybridized carbons (Fsp3) is 0.636. The zero-order chi connectivity index (χ0) is 12.3. The van der Waals surface area contributed by atoms with Gasteiger partial charge in [0.25, 0.3) is 0 Å². The van der Waals surface area contributed by atoms with Gasteiger partial charge in [-0.2, -0.15) is 0 Å². The molecule has 0 radical (unpaired) electrons. The van der Waals surface area contributed by atoms with Crippen LogP contribution in [-0.2, 0) is 10.8 Å². The second-order valence-electron chi connectivity index (χ2n) is 4.22. The summed E-state index contributed by atoms with van der Waals surface area (Å²) in [6.45, 7) is 5.49. The van der Waals surface area contributed by atoms with Gasteiger partial charge in [0.05, 0.1) is 6.10 Å². The largest absolute Gasteiger partial charge is 0.475 e. The number of nitrogens with zero attached hydrogens (tertiary/aromatic N) is 3. The molecule has 2 rings (SSSR count). The van der Waals surface area contributed by atoms with Gasteiger partial charge in [-0.25, -0.2) is 9.97 Å². The van der Waals surface area contributed by atoms with Crippen molar-refractivity contribution in [3.63, 3.8) is 0 Å². The molecule has 0 aromatic carbocycles. The Morgan fingerprint density at radius 3 is 2.71 bits per heavy atom. The molecule has 0 saturated carbocycles. The third kappa shape index (κ3) is 3.39. The van der Waals surface area contributed by atoms with Gasteiger partial charge in [-0.3, -0.25) is 4.21 Å². The lowest BCUT2D eigenvalue weighted by Crippen LogP contribution is -2.38. The quantitative estimate of drug-likeness (QED) is 0.801. The highest BCUT2D eigenvalue weighted by Crippen LogP contribution is 2.18. The standard InChI is InChI=1S/C11H17N3O2S/c1-9(2)16-11-7-10(12-8-13-11)14-3-5-17(15)6-4-14/h7-9H,3-6H2,1-2H3. The summed E-state index contributed by atoms with van der Waals surface area (Å²) in [7, 11) is -0.665. The molecule has 2 heterocycles. The minimum absolute atomic E-state index is 0.103. The molecule has 1 saturated heterocycles. The van der Waals surface area contributed by atoms with Gasteiger partial charge in [0.15, 0.2) is 0 Å². The molecule has 17 heavy (non-hydrogen) atoms. The number of ether oxygens (including phenoxy) is 1. The van der Waals surface area contributed by atoms with E-state index in [-0.39, 0.29) is 6.10 Å². The lowest BCUT2D eigenvalue weighted by molar-refractivity contribution is 0.232. The highest BCUT2D eigenvalue weighted by atomic mass is 32.2. The summed E-state index contributed by atoms with van der Waals surface area (Å²) < 4.78 is 16.8. The molecule has 0 unspecified atom stereocenters. The van der Waals surface area contributed by atoms with Gasteiger partial charge in [0.2, 0.25) is 5.88 Å². The van der Waals surface area contributed by atoms with Gasteiger partial charge in [-0.15, -0.1) is 0 Å². The van der Waals surface area contributed by atoms with Crippen LogP contribution in [0.5, 0.6) is 5.88 Å². The van der Waals surface area contributed by atoms with Crippen molar-refractivity contribution in [1.29, 1.82) is 0 Å². The van der Waals surface area contributed by atoms with Gasteiger partial charge in [0, 0.05) is 41.5 Å². The Morgan fingerprint density at radius 2 is 2.06 bits per heavy atom. The van der Waals surface area contributed by atoms with Crippen molar-refractivity contribution in [3.8, 4) is 5.88 Å². The van der Waals surface area contributed by atoms with Crippen molar-refractivity contribution >= 4 is 16.6 Å². The predicted octanol–water partition coefficient (Wildman–Crippen LogP) is 0.833. The van der Waals surface area contributed by atoms with Crippen molar-refractivity contribution in [2.45, 2.75) is 20.0 Å². The summed E-state index contributed by atoms with van der Waals surface area (Å²) in [6, 6.07) is 1.84. The van der Waals surface area contributed by atoms with Crippen molar-refractivity contribution in [2.24, 2.45) is 0 Å². The van der Waals surface area contributed by atoms with Crippen molar-refractivity contribution in [1.82, 2.24) is 9.97 Å². The van der Waals surface area contributed by atoms with Crippen LogP contribution in [0.2, 0.25) is 0 Å². The van der Waals surface area contributed by atoms with Crippen LogP contribution in [-0.4, -0.2) is 44.9 Å². The maximum Gasteiger partial charge on any atom is 0.218 e. The zero-order valence-corrected chi connectivity index (χ0v) is 10.9. The van der Waals surface area contributed by atoms with Gasteiger partial charge in [-0.1, -0.05) is 0 Å². The van der Waals surface area contributed by atoms with Crippen LogP contribution in [0.3, 0.4) is 0 Å². The van der Waals surface area contributed by atoms with E-state index in [1.165, 1.54) is 6.33 Å². The van der Waals surface area contributed by atoms with E-state index in [4.69, 9.17) is 4.74 Å². The molecule has 1 fully saturated rings. The van der Waals surface area contributed by atoms with E-state index in [2.05, 4.69) is 14.9 Å². The van der Waals surface area contributed by atoms with Crippen LogP contribution in [0.15, 0.2) is 12.4 Å². The van der Waals surface area contributed by atoms with Crippen LogP contribution in [0.25, 0.3) is 0 Å². The lowest BCUT2D eigenvalue weighted by atomic mass is 10.4. The number of hydrogen-bond acceptors (Lipinski definition) is 5. The first-order chi connectivity index (χ1) is 8.15. The van der Waals surface area contributed by atoms with Crippen molar-refractivity contribution < 1.29 is 8.95 Å².